The first-order valence-corrected chi connectivity index (χ1v) is 12.9. The SMILES string of the molecule is C=S(C)(=O)c1cc(C)c(-c2cc(N3CCOC[C@H]3C)nc3c(-c4ccn[nH]4)nccc23)cn1. The van der Waals surface area contributed by atoms with Crippen molar-refractivity contribution in [3.05, 3.63) is 48.4 Å². The number of rotatable bonds is 4. The second kappa shape index (κ2) is 8.24. The molecule has 5 rings (SSSR count). The fourth-order valence-corrected chi connectivity index (χ4v) is 4.91. The third-order valence-corrected chi connectivity index (χ3v) is 7.06. The minimum absolute atomic E-state index is 0.196. The van der Waals surface area contributed by atoms with E-state index in [0.29, 0.717) is 18.2 Å². The van der Waals surface area contributed by atoms with Crippen molar-refractivity contribution in [2.75, 3.05) is 30.9 Å². The molecular formula is C24H26N6O2S. The second-order valence-corrected chi connectivity index (χ2v) is 10.9. The highest BCUT2D eigenvalue weighted by Crippen LogP contribution is 2.36. The van der Waals surface area contributed by atoms with Crippen LogP contribution in [0.5, 0.6) is 0 Å². The normalized spacial score (nSPS) is 18.4. The van der Waals surface area contributed by atoms with Crippen LogP contribution in [0.15, 0.2) is 47.9 Å². The predicted molar refractivity (Wildman–Crippen MR) is 132 cm³/mol. The van der Waals surface area contributed by atoms with Crippen molar-refractivity contribution in [3.63, 3.8) is 0 Å². The third-order valence-electron chi connectivity index (χ3n) is 5.95. The Balaban J connectivity index is 1.78. The van der Waals surface area contributed by atoms with E-state index in [2.05, 4.69) is 43.9 Å². The molecule has 0 bridgehead atoms. The summed E-state index contributed by atoms with van der Waals surface area (Å²) in [6.07, 6.45) is 6.89. The molecule has 1 aliphatic heterocycles. The van der Waals surface area contributed by atoms with E-state index in [9.17, 15) is 4.21 Å². The van der Waals surface area contributed by atoms with Gasteiger partial charge in [-0.2, -0.15) is 5.10 Å². The smallest absolute Gasteiger partial charge is 0.130 e. The van der Waals surface area contributed by atoms with E-state index in [0.717, 1.165) is 51.3 Å². The van der Waals surface area contributed by atoms with E-state index < -0.39 is 9.52 Å². The number of aromatic amines is 1. The average Bonchev–Trinajstić information content (AvgIpc) is 3.32. The number of nitrogens with one attached hydrogen (secondary N) is 1. The molecule has 0 amide bonds. The van der Waals surface area contributed by atoms with Gasteiger partial charge in [-0.3, -0.25) is 14.3 Å². The molecule has 4 aromatic rings. The Bertz CT molecular complexity index is 1430. The molecule has 33 heavy (non-hydrogen) atoms. The lowest BCUT2D eigenvalue weighted by Crippen LogP contribution is -2.44. The number of aromatic nitrogens is 5. The maximum atomic E-state index is 12.5. The largest absolute Gasteiger partial charge is 0.377 e. The van der Waals surface area contributed by atoms with Gasteiger partial charge in [0.05, 0.1) is 24.9 Å². The molecule has 4 aromatic heterocycles. The molecule has 1 N–H and O–H groups in total. The maximum Gasteiger partial charge on any atom is 0.130 e. The maximum absolute atomic E-state index is 12.5. The molecule has 1 aliphatic rings. The third kappa shape index (κ3) is 3.98. The van der Waals surface area contributed by atoms with Gasteiger partial charge in [0.2, 0.25) is 0 Å². The molecule has 170 valence electrons. The first-order valence-electron chi connectivity index (χ1n) is 10.8. The second-order valence-electron chi connectivity index (χ2n) is 8.51. The zero-order chi connectivity index (χ0) is 23.2. The Morgan fingerprint density at radius 3 is 2.76 bits per heavy atom. The fraction of sp³-hybridized carbons (Fsp3) is 0.292. The summed E-state index contributed by atoms with van der Waals surface area (Å²) < 4.78 is 18.1. The molecule has 1 unspecified atom stereocenters. The molecule has 5 heterocycles. The molecule has 8 nitrogen and oxygen atoms in total. The van der Waals surface area contributed by atoms with Crippen LogP contribution in [-0.4, -0.2) is 67.3 Å². The van der Waals surface area contributed by atoms with Gasteiger partial charge < -0.3 is 9.64 Å². The molecule has 0 aromatic carbocycles. The van der Waals surface area contributed by atoms with Crippen LogP contribution in [-0.2, 0) is 14.3 Å². The van der Waals surface area contributed by atoms with E-state index in [1.165, 1.54) is 0 Å². The fourth-order valence-electron chi connectivity index (χ4n) is 4.21. The standard InChI is InChI=1S/C24H26N6O2S/c1-15-11-22(33(3,4)31)26-13-19(15)18-12-21(30-9-10-32-14-16(30)2)28-23-17(18)5-7-25-24(23)20-6-8-27-29-20/h5-8,11-13,16H,3,9-10,14H2,1-2,4H3,(H,27,29)/t16-,33?/m1/s1. The zero-order valence-corrected chi connectivity index (χ0v) is 19.7. The Labute approximate surface area is 193 Å². The summed E-state index contributed by atoms with van der Waals surface area (Å²) in [5.74, 6) is 4.64. The Morgan fingerprint density at radius 1 is 1.21 bits per heavy atom. The van der Waals surface area contributed by atoms with Crippen LogP contribution in [0.4, 0.5) is 5.82 Å². The van der Waals surface area contributed by atoms with Crippen molar-refractivity contribution >= 4 is 32.1 Å². The molecule has 1 fully saturated rings. The number of hydrogen-bond acceptors (Lipinski definition) is 7. The molecule has 1 saturated heterocycles. The molecule has 0 spiro atoms. The topological polar surface area (TPSA) is 96.9 Å². The van der Waals surface area contributed by atoms with Gasteiger partial charge in [0.1, 0.15) is 22.1 Å². The van der Waals surface area contributed by atoms with E-state index in [-0.39, 0.29) is 6.04 Å². The zero-order valence-electron chi connectivity index (χ0n) is 18.9. The Kier molecular flexibility index (Phi) is 5.38. The summed E-state index contributed by atoms with van der Waals surface area (Å²) in [7, 11) is -2.40. The predicted octanol–water partition coefficient (Wildman–Crippen LogP) is 3.32. The summed E-state index contributed by atoms with van der Waals surface area (Å²) in [4.78, 5) is 16.4. The van der Waals surface area contributed by atoms with Crippen LogP contribution < -0.4 is 4.90 Å². The minimum atomic E-state index is -2.40. The molecule has 0 radical (unpaired) electrons. The van der Waals surface area contributed by atoms with Crippen molar-refractivity contribution in [1.82, 2.24) is 25.1 Å². The number of anilines is 1. The van der Waals surface area contributed by atoms with Gasteiger partial charge in [-0.1, -0.05) is 0 Å². The van der Waals surface area contributed by atoms with Crippen LogP contribution in [0.3, 0.4) is 0 Å². The van der Waals surface area contributed by atoms with Crippen LogP contribution in [0, 0.1) is 6.92 Å². The number of fused-ring (bicyclic) bond motifs is 1. The number of morpholine rings is 1. The lowest BCUT2D eigenvalue weighted by atomic mass is 9.98. The Hall–Kier alpha value is -3.30. The van der Waals surface area contributed by atoms with Gasteiger partial charge in [0.25, 0.3) is 0 Å². The van der Waals surface area contributed by atoms with Gasteiger partial charge in [0.15, 0.2) is 0 Å². The van der Waals surface area contributed by atoms with Crippen molar-refractivity contribution in [1.29, 1.82) is 0 Å². The highest BCUT2D eigenvalue weighted by atomic mass is 32.2. The monoisotopic (exact) mass is 462 g/mol. The van der Waals surface area contributed by atoms with Crippen LogP contribution in [0.25, 0.3) is 33.4 Å². The van der Waals surface area contributed by atoms with Gasteiger partial charge in [-0.25, -0.2) is 9.97 Å². The van der Waals surface area contributed by atoms with Gasteiger partial charge >= 0.3 is 0 Å². The van der Waals surface area contributed by atoms with Gasteiger partial charge in [0, 0.05) is 51.9 Å². The highest BCUT2D eigenvalue weighted by Gasteiger charge is 2.23. The lowest BCUT2D eigenvalue weighted by molar-refractivity contribution is 0.0986. The summed E-state index contributed by atoms with van der Waals surface area (Å²) >= 11 is 0. The van der Waals surface area contributed by atoms with Crippen molar-refractivity contribution in [2.45, 2.75) is 24.9 Å². The minimum Gasteiger partial charge on any atom is -0.377 e. The van der Waals surface area contributed by atoms with Gasteiger partial charge in [-0.05, 0) is 55.1 Å². The summed E-state index contributed by atoms with van der Waals surface area (Å²) in [5, 5.41) is 8.57. The van der Waals surface area contributed by atoms with E-state index in [1.807, 2.05) is 25.1 Å². The summed E-state index contributed by atoms with van der Waals surface area (Å²) in [6, 6.07) is 8.03. The van der Waals surface area contributed by atoms with E-state index in [1.54, 1.807) is 24.8 Å². The number of nitrogens with zero attached hydrogens (tertiary/aromatic N) is 5. The first-order chi connectivity index (χ1) is 15.8. The number of ether oxygens (including phenoxy) is 1. The highest BCUT2D eigenvalue weighted by molar-refractivity contribution is 7.99. The quantitative estimate of drug-likeness (QED) is 0.465. The van der Waals surface area contributed by atoms with Gasteiger partial charge in [-0.15, -0.1) is 0 Å². The molecule has 9 heteroatoms. The van der Waals surface area contributed by atoms with E-state index >= 15 is 0 Å². The Morgan fingerprint density at radius 2 is 2.06 bits per heavy atom. The molecule has 0 aliphatic carbocycles. The average molecular weight is 463 g/mol. The van der Waals surface area contributed by atoms with Crippen molar-refractivity contribution in [2.24, 2.45) is 0 Å². The van der Waals surface area contributed by atoms with Crippen molar-refractivity contribution in [3.8, 4) is 22.5 Å². The van der Waals surface area contributed by atoms with Crippen LogP contribution in [0.1, 0.15) is 12.5 Å². The van der Waals surface area contributed by atoms with E-state index in [4.69, 9.17) is 9.72 Å². The number of pyridine rings is 3. The number of H-pyrrole nitrogens is 1. The number of hydrogen-bond donors (Lipinski definition) is 1. The lowest BCUT2D eigenvalue weighted by Gasteiger charge is -2.34. The summed E-state index contributed by atoms with van der Waals surface area (Å²) in [6.45, 7) is 6.21. The van der Waals surface area contributed by atoms with Crippen LogP contribution >= 0.6 is 0 Å². The summed E-state index contributed by atoms with van der Waals surface area (Å²) in [5.41, 5.74) is 5.27. The first kappa shape index (κ1) is 21.5. The molecule has 0 saturated carbocycles. The van der Waals surface area contributed by atoms with Crippen LogP contribution in [0.2, 0.25) is 0 Å². The van der Waals surface area contributed by atoms with Crippen molar-refractivity contribution < 1.29 is 8.95 Å². The molecule has 2 atom stereocenters. The number of aryl methyl sites for hydroxylation is 1. The molecular weight excluding hydrogens is 436 g/mol.